The summed E-state index contributed by atoms with van der Waals surface area (Å²) in [6.45, 7) is 3.40. The van der Waals surface area contributed by atoms with Crippen molar-refractivity contribution in [2.24, 2.45) is 10.5 Å². The third kappa shape index (κ3) is 4.29. The fourth-order valence-corrected chi connectivity index (χ4v) is 4.86. The number of hydrogen-bond acceptors (Lipinski definition) is 8. The summed E-state index contributed by atoms with van der Waals surface area (Å²) in [6.07, 6.45) is 5.33. The van der Waals surface area contributed by atoms with Crippen molar-refractivity contribution in [3.63, 3.8) is 0 Å². The molecule has 1 aromatic carbocycles. The van der Waals surface area contributed by atoms with Crippen LogP contribution < -0.4 is 15.4 Å². The molecule has 5 rings (SSSR count). The maximum atomic E-state index is 13.4. The van der Waals surface area contributed by atoms with Gasteiger partial charge in [0.25, 0.3) is 0 Å². The highest BCUT2D eigenvalue weighted by molar-refractivity contribution is 5.87. The summed E-state index contributed by atoms with van der Waals surface area (Å²) in [6, 6.07) is 7.75. The molecule has 1 saturated heterocycles. The maximum absolute atomic E-state index is 13.4. The molecule has 0 bridgehead atoms. The predicted molar refractivity (Wildman–Crippen MR) is 128 cm³/mol. The molecule has 34 heavy (non-hydrogen) atoms. The van der Waals surface area contributed by atoms with Crippen LogP contribution >= 0.6 is 0 Å². The van der Waals surface area contributed by atoms with E-state index in [1.165, 1.54) is 6.92 Å². The van der Waals surface area contributed by atoms with Crippen LogP contribution in [0.1, 0.15) is 32.6 Å². The van der Waals surface area contributed by atoms with Crippen molar-refractivity contribution in [1.29, 1.82) is 5.53 Å². The number of alkyl halides is 1. The second-order valence-electron chi connectivity index (χ2n) is 9.38. The van der Waals surface area contributed by atoms with E-state index in [0.717, 1.165) is 55.5 Å². The molecule has 180 valence electrons. The van der Waals surface area contributed by atoms with Gasteiger partial charge in [-0.25, -0.2) is 14.4 Å². The number of nitrogens with zero attached hydrogens (tertiary/aromatic N) is 4. The first kappa shape index (κ1) is 22.5. The molecule has 2 fully saturated rings. The molecule has 0 amide bonds. The quantitative estimate of drug-likeness (QED) is 0.393. The summed E-state index contributed by atoms with van der Waals surface area (Å²) in [5.74, 6) is 1.01. The van der Waals surface area contributed by atoms with Crippen molar-refractivity contribution in [3.05, 3.63) is 30.5 Å². The smallest absolute Gasteiger partial charge is 0.244 e. The first-order valence-corrected chi connectivity index (χ1v) is 11.7. The minimum absolute atomic E-state index is 0.138. The van der Waals surface area contributed by atoms with Gasteiger partial charge in [-0.1, -0.05) is 6.07 Å². The topological polar surface area (TPSA) is 109 Å². The molecule has 0 unspecified atom stereocenters. The van der Waals surface area contributed by atoms with Crippen molar-refractivity contribution in [2.75, 3.05) is 37.5 Å². The summed E-state index contributed by atoms with van der Waals surface area (Å²) in [4.78, 5) is 4.65. The Morgan fingerprint density at radius 3 is 2.76 bits per heavy atom. The molecule has 2 aliphatic rings. The lowest BCUT2D eigenvalue weighted by molar-refractivity contribution is -0.131. The molecule has 1 spiro atoms. The lowest BCUT2D eigenvalue weighted by Gasteiger charge is -2.46. The molecule has 2 aromatic heterocycles. The van der Waals surface area contributed by atoms with Gasteiger partial charge in [-0.2, -0.15) is 10.1 Å². The van der Waals surface area contributed by atoms with E-state index >= 15 is 0 Å². The van der Waals surface area contributed by atoms with Crippen LogP contribution in [0.25, 0.3) is 16.6 Å². The van der Waals surface area contributed by atoms with Crippen LogP contribution in [-0.2, 0) is 4.74 Å². The number of ether oxygens (including phenoxy) is 2. The molecular weight excluding hydrogens is 437 g/mol. The number of halogens is 1. The van der Waals surface area contributed by atoms with E-state index in [-0.39, 0.29) is 6.54 Å². The van der Waals surface area contributed by atoms with Crippen LogP contribution in [0.5, 0.6) is 5.88 Å². The normalized spacial score (nSPS) is 18.4. The van der Waals surface area contributed by atoms with E-state index < -0.39 is 6.17 Å². The van der Waals surface area contributed by atoms with Gasteiger partial charge in [0, 0.05) is 29.8 Å². The van der Waals surface area contributed by atoms with E-state index in [2.05, 4.69) is 25.8 Å². The van der Waals surface area contributed by atoms with Crippen molar-refractivity contribution >= 4 is 22.8 Å². The lowest BCUT2D eigenvalue weighted by Crippen LogP contribution is -2.47. The zero-order valence-corrected chi connectivity index (χ0v) is 19.5. The number of hydrogen-bond donors (Lipinski definition) is 3. The molecule has 10 heteroatoms. The highest BCUT2D eigenvalue weighted by Gasteiger charge is 2.41. The first-order valence-electron chi connectivity index (χ1n) is 11.7. The van der Waals surface area contributed by atoms with Crippen LogP contribution in [0.4, 0.5) is 21.7 Å². The number of anilines is 2. The van der Waals surface area contributed by atoms with Gasteiger partial charge in [-0.15, -0.1) is 5.10 Å². The Labute approximate surface area is 197 Å². The molecule has 9 nitrogen and oxygen atoms in total. The second-order valence-corrected chi connectivity index (χ2v) is 9.38. The Bertz CT molecular complexity index is 1180. The predicted octanol–water partition coefficient (Wildman–Crippen LogP) is 5.21. The Hall–Kier alpha value is -3.27. The van der Waals surface area contributed by atoms with Crippen molar-refractivity contribution in [3.8, 4) is 17.0 Å². The molecule has 1 aliphatic carbocycles. The fraction of sp³-hybridized carbons (Fsp3) is 0.500. The number of fused-ring (bicyclic) bond motifs is 1. The molecule has 3 heterocycles. The van der Waals surface area contributed by atoms with E-state index in [0.29, 0.717) is 34.7 Å². The maximum Gasteiger partial charge on any atom is 0.244 e. The standard InChI is InChI=1S/C24H30FN7O2/c1-15(25)12-27-20-11-16(3-4-19(20)30-26)18-7-10-32-21(18)22(33-2)29-23(31-32)28-17-5-8-24(9-6-17)13-34-14-24/h3-4,7,10-11,15,17,26-27H,5-6,8-9,12-14H2,1-2H3,(H,28,31)/t15-/m0/s1. The highest BCUT2D eigenvalue weighted by atomic mass is 19.1. The molecule has 0 radical (unpaired) electrons. The summed E-state index contributed by atoms with van der Waals surface area (Å²) < 4.78 is 26.2. The lowest BCUT2D eigenvalue weighted by atomic mass is 9.71. The van der Waals surface area contributed by atoms with Gasteiger partial charge in [0.1, 0.15) is 17.4 Å². The Kier molecular flexibility index (Phi) is 6.07. The van der Waals surface area contributed by atoms with Crippen LogP contribution in [-0.4, -0.2) is 53.7 Å². The van der Waals surface area contributed by atoms with Crippen LogP contribution in [0.3, 0.4) is 0 Å². The summed E-state index contributed by atoms with van der Waals surface area (Å²) >= 11 is 0. The molecule has 1 saturated carbocycles. The van der Waals surface area contributed by atoms with Gasteiger partial charge in [-0.05, 0) is 56.4 Å². The number of methoxy groups -OCH3 is 1. The van der Waals surface area contributed by atoms with Crippen molar-refractivity contribution in [1.82, 2.24) is 14.6 Å². The van der Waals surface area contributed by atoms with E-state index in [9.17, 15) is 4.39 Å². The van der Waals surface area contributed by atoms with E-state index in [1.807, 2.05) is 24.4 Å². The fourth-order valence-electron chi connectivity index (χ4n) is 4.86. The second kappa shape index (κ2) is 9.17. The van der Waals surface area contributed by atoms with Crippen molar-refractivity contribution in [2.45, 2.75) is 44.8 Å². The number of nitrogens with one attached hydrogen (secondary N) is 3. The number of benzene rings is 1. The van der Waals surface area contributed by atoms with E-state index in [4.69, 9.17) is 15.0 Å². The van der Waals surface area contributed by atoms with Crippen LogP contribution in [0.2, 0.25) is 0 Å². The van der Waals surface area contributed by atoms with Gasteiger partial charge in [-0.3, -0.25) is 0 Å². The Morgan fingerprint density at radius 1 is 1.32 bits per heavy atom. The minimum atomic E-state index is -1.02. The number of rotatable bonds is 8. The third-order valence-electron chi connectivity index (χ3n) is 6.87. The van der Waals surface area contributed by atoms with Gasteiger partial charge in [0.05, 0.1) is 26.0 Å². The zero-order valence-electron chi connectivity index (χ0n) is 19.5. The average molecular weight is 468 g/mol. The monoisotopic (exact) mass is 467 g/mol. The summed E-state index contributed by atoms with van der Waals surface area (Å²) in [5, 5.41) is 14.8. The SMILES string of the molecule is COc1nc(NC2CCC3(CC2)COC3)nn2ccc(-c3ccc(N=N)c(NC[C@H](C)F)c3)c12. The third-order valence-corrected chi connectivity index (χ3v) is 6.87. The zero-order chi connectivity index (χ0) is 23.7. The van der Waals surface area contributed by atoms with Gasteiger partial charge >= 0.3 is 0 Å². The molecule has 3 N–H and O–H groups in total. The van der Waals surface area contributed by atoms with Gasteiger partial charge in [0.15, 0.2) is 0 Å². The van der Waals surface area contributed by atoms with Gasteiger partial charge < -0.3 is 20.1 Å². The molecular formula is C24H30FN7O2. The Morgan fingerprint density at radius 2 is 2.12 bits per heavy atom. The summed E-state index contributed by atoms with van der Waals surface area (Å²) in [7, 11) is 1.60. The van der Waals surface area contributed by atoms with E-state index in [1.54, 1.807) is 17.7 Å². The van der Waals surface area contributed by atoms with Crippen LogP contribution in [0.15, 0.2) is 35.6 Å². The van der Waals surface area contributed by atoms with Crippen molar-refractivity contribution < 1.29 is 13.9 Å². The highest BCUT2D eigenvalue weighted by Crippen LogP contribution is 2.43. The summed E-state index contributed by atoms with van der Waals surface area (Å²) in [5.41, 5.74) is 11.3. The minimum Gasteiger partial charge on any atom is -0.479 e. The molecule has 3 aromatic rings. The average Bonchev–Trinajstić information content (AvgIpc) is 3.25. The first-order chi connectivity index (χ1) is 16.5. The molecule has 1 aliphatic heterocycles. The van der Waals surface area contributed by atoms with Crippen LogP contribution in [0, 0.1) is 10.9 Å². The Balaban J connectivity index is 1.41. The molecule has 1 atom stereocenters. The largest absolute Gasteiger partial charge is 0.479 e. The number of aromatic nitrogens is 3. The van der Waals surface area contributed by atoms with Gasteiger partial charge in [0.2, 0.25) is 11.8 Å².